The predicted octanol–water partition coefficient (Wildman–Crippen LogP) is 2.91. The Balaban J connectivity index is 2.91. The van der Waals surface area contributed by atoms with E-state index in [-0.39, 0.29) is 0 Å². The summed E-state index contributed by atoms with van der Waals surface area (Å²) in [4.78, 5) is 10.8. The summed E-state index contributed by atoms with van der Waals surface area (Å²) in [6, 6.07) is 0. The Hall–Kier alpha value is -0.840. The molecule has 4 nitrogen and oxygen atoms in total. The third kappa shape index (κ3) is 3.07. The van der Waals surface area contributed by atoms with Gasteiger partial charge in [-0.3, -0.25) is 0 Å². The van der Waals surface area contributed by atoms with Gasteiger partial charge in [0.2, 0.25) is 0 Å². The Morgan fingerprint density at radius 1 is 1.38 bits per heavy atom. The molecule has 5 heteroatoms. The third-order valence-corrected chi connectivity index (χ3v) is 3.20. The van der Waals surface area contributed by atoms with Crippen LogP contribution in [0.5, 0.6) is 0 Å². The van der Waals surface area contributed by atoms with Gasteiger partial charge in [0.15, 0.2) is 0 Å². The van der Waals surface area contributed by atoms with Crippen molar-refractivity contribution in [1.82, 2.24) is 9.97 Å². The lowest BCUT2D eigenvalue weighted by Gasteiger charge is -2.23. The first-order chi connectivity index (χ1) is 7.74. The number of nitrogens with one attached hydrogen (secondary N) is 1. The van der Waals surface area contributed by atoms with Crippen molar-refractivity contribution in [2.45, 2.75) is 26.7 Å². The van der Waals surface area contributed by atoms with Crippen LogP contribution >= 0.6 is 15.9 Å². The summed E-state index contributed by atoms with van der Waals surface area (Å²) in [5.41, 5.74) is 0. The van der Waals surface area contributed by atoms with Crippen molar-refractivity contribution in [1.29, 1.82) is 0 Å². The van der Waals surface area contributed by atoms with E-state index in [1.54, 1.807) is 6.33 Å². The minimum atomic E-state index is 0.833. The molecule has 0 saturated heterocycles. The molecule has 0 amide bonds. The summed E-state index contributed by atoms with van der Waals surface area (Å²) in [5.74, 6) is 1.80. The number of hydrogen-bond acceptors (Lipinski definition) is 4. The van der Waals surface area contributed by atoms with E-state index in [0.717, 1.165) is 29.2 Å². The molecule has 0 aliphatic rings. The molecule has 0 aromatic carbocycles. The second-order valence-electron chi connectivity index (χ2n) is 3.54. The van der Waals surface area contributed by atoms with E-state index in [4.69, 9.17) is 0 Å². The minimum absolute atomic E-state index is 0.833. The number of hydrogen-bond donors (Lipinski definition) is 1. The Labute approximate surface area is 106 Å². The molecular formula is C11H19BrN4. The van der Waals surface area contributed by atoms with Crippen molar-refractivity contribution in [2.75, 3.05) is 30.4 Å². The van der Waals surface area contributed by atoms with Gasteiger partial charge in [-0.25, -0.2) is 9.97 Å². The summed E-state index contributed by atoms with van der Waals surface area (Å²) < 4.78 is 0.940. The van der Waals surface area contributed by atoms with Crippen LogP contribution in [-0.4, -0.2) is 30.1 Å². The maximum Gasteiger partial charge on any atom is 0.148 e. The van der Waals surface area contributed by atoms with E-state index >= 15 is 0 Å². The van der Waals surface area contributed by atoms with Gasteiger partial charge < -0.3 is 10.2 Å². The second kappa shape index (κ2) is 6.68. The maximum atomic E-state index is 4.34. The van der Waals surface area contributed by atoms with Gasteiger partial charge in [-0.1, -0.05) is 13.3 Å². The van der Waals surface area contributed by atoms with Crippen LogP contribution in [0.25, 0.3) is 0 Å². The zero-order chi connectivity index (χ0) is 12.0. The van der Waals surface area contributed by atoms with Crippen LogP contribution in [0.3, 0.4) is 0 Å². The fourth-order valence-electron chi connectivity index (χ4n) is 1.52. The Kier molecular flexibility index (Phi) is 5.52. The standard InChI is InChI=1S/C11H19BrN4/c1-4-6-7-16(5-2)11-9(12)10(13-3)14-8-15-11/h8H,4-7H2,1-3H3,(H,13,14,15). The minimum Gasteiger partial charge on any atom is -0.372 e. The van der Waals surface area contributed by atoms with Crippen LogP contribution in [0.4, 0.5) is 11.6 Å². The fraction of sp³-hybridized carbons (Fsp3) is 0.636. The molecule has 16 heavy (non-hydrogen) atoms. The van der Waals surface area contributed by atoms with E-state index in [2.05, 4.69) is 50.0 Å². The monoisotopic (exact) mass is 286 g/mol. The summed E-state index contributed by atoms with van der Waals surface area (Å²) in [7, 11) is 1.86. The first-order valence-electron chi connectivity index (χ1n) is 5.67. The molecule has 0 radical (unpaired) electrons. The number of halogens is 1. The van der Waals surface area contributed by atoms with Gasteiger partial charge in [-0.05, 0) is 29.3 Å². The highest BCUT2D eigenvalue weighted by Crippen LogP contribution is 2.29. The molecule has 90 valence electrons. The van der Waals surface area contributed by atoms with Crippen molar-refractivity contribution in [3.63, 3.8) is 0 Å². The van der Waals surface area contributed by atoms with Crippen molar-refractivity contribution >= 4 is 27.6 Å². The Bertz CT molecular complexity index is 330. The molecular weight excluding hydrogens is 268 g/mol. The molecule has 0 aliphatic carbocycles. The molecule has 1 aromatic rings. The van der Waals surface area contributed by atoms with E-state index in [9.17, 15) is 0 Å². The molecule has 1 heterocycles. The largest absolute Gasteiger partial charge is 0.372 e. The zero-order valence-electron chi connectivity index (χ0n) is 10.1. The normalized spacial score (nSPS) is 10.2. The quantitative estimate of drug-likeness (QED) is 0.873. The highest BCUT2D eigenvalue weighted by Gasteiger charge is 2.12. The van der Waals surface area contributed by atoms with Gasteiger partial charge in [0.1, 0.15) is 22.4 Å². The molecule has 0 bridgehead atoms. The van der Waals surface area contributed by atoms with Gasteiger partial charge in [-0.15, -0.1) is 0 Å². The zero-order valence-corrected chi connectivity index (χ0v) is 11.7. The molecule has 1 rings (SSSR count). The molecule has 0 aliphatic heterocycles. The van der Waals surface area contributed by atoms with E-state index in [1.165, 1.54) is 12.8 Å². The molecule has 0 spiro atoms. The number of anilines is 2. The predicted molar refractivity (Wildman–Crippen MR) is 72.1 cm³/mol. The van der Waals surface area contributed by atoms with Crippen LogP contribution in [0, 0.1) is 0 Å². The number of unbranched alkanes of at least 4 members (excludes halogenated alkanes) is 1. The SMILES string of the molecule is CCCCN(CC)c1ncnc(NC)c1Br. The van der Waals surface area contributed by atoms with Crippen molar-refractivity contribution < 1.29 is 0 Å². The lowest BCUT2D eigenvalue weighted by Crippen LogP contribution is -2.25. The van der Waals surface area contributed by atoms with Gasteiger partial charge in [0, 0.05) is 20.1 Å². The van der Waals surface area contributed by atoms with E-state index in [0.29, 0.717) is 0 Å². The molecule has 1 N–H and O–H groups in total. The molecule has 1 aromatic heterocycles. The number of nitrogens with zero attached hydrogens (tertiary/aromatic N) is 3. The van der Waals surface area contributed by atoms with Crippen LogP contribution in [0.2, 0.25) is 0 Å². The first-order valence-corrected chi connectivity index (χ1v) is 6.47. The van der Waals surface area contributed by atoms with Crippen LogP contribution in [-0.2, 0) is 0 Å². The Morgan fingerprint density at radius 2 is 2.12 bits per heavy atom. The van der Waals surface area contributed by atoms with Crippen LogP contribution in [0.1, 0.15) is 26.7 Å². The average molecular weight is 287 g/mol. The highest BCUT2D eigenvalue weighted by molar-refractivity contribution is 9.10. The van der Waals surface area contributed by atoms with Gasteiger partial charge >= 0.3 is 0 Å². The van der Waals surface area contributed by atoms with Gasteiger partial charge in [0.05, 0.1) is 0 Å². The molecule has 0 atom stereocenters. The van der Waals surface area contributed by atoms with Crippen molar-refractivity contribution in [2.24, 2.45) is 0 Å². The topological polar surface area (TPSA) is 41.1 Å². The maximum absolute atomic E-state index is 4.34. The van der Waals surface area contributed by atoms with Crippen molar-refractivity contribution in [3.8, 4) is 0 Å². The second-order valence-corrected chi connectivity index (χ2v) is 4.34. The lowest BCUT2D eigenvalue weighted by atomic mass is 10.3. The van der Waals surface area contributed by atoms with Crippen LogP contribution in [0.15, 0.2) is 10.8 Å². The summed E-state index contributed by atoms with van der Waals surface area (Å²) in [6.07, 6.45) is 3.97. The summed E-state index contributed by atoms with van der Waals surface area (Å²) in [6.45, 7) is 6.33. The van der Waals surface area contributed by atoms with E-state index < -0.39 is 0 Å². The van der Waals surface area contributed by atoms with Gasteiger partial charge in [-0.2, -0.15) is 0 Å². The van der Waals surface area contributed by atoms with Crippen LogP contribution < -0.4 is 10.2 Å². The lowest BCUT2D eigenvalue weighted by molar-refractivity contribution is 0.721. The summed E-state index contributed by atoms with van der Waals surface area (Å²) in [5, 5.41) is 3.05. The molecule has 0 unspecified atom stereocenters. The smallest absolute Gasteiger partial charge is 0.148 e. The molecule has 0 saturated carbocycles. The first kappa shape index (κ1) is 13.2. The molecule has 0 fully saturated rings. The summed E-state index contributed by atoms with van der Waals surface area (Å²) >= 11 is 3.55. The fourth-order valence-corrected chi connectivity index (χ4v) is 2.17. The number of aromatic nitrogens is 2. The van der Waals surface area contributed by atoms with Crippen molar-refractivity contribution in [3.05, 3.63) is 10.8 Å². The Morgan fingerprint density at radius 3 is 2.69 bits per heavy atom. The number of rotatable bonds is 6. The van der Waals surface area contributed by atoms with Gasteiger partial charge in [0.25, 0.3) is 0 Å². The third-order valence-electron chi connectivity index (χ3n) is 2.47. The highest BCUT2D eigenvalue weighted by atomic mass is 79.9. The van der Waals surface area contributed by atoms with E-state index in [1.807, 2.05) is 7.05 Å². The average Bonchev–Trinajstić information content (AvgIpc) is 2.32.